The fraction of sp³-hybridized carbons (Fsp3) is 0.455. The van der Waals surface area contributed by atoms with Crippen LogP contribution in [0.1, 0.15) is 6.92 Å². The molecule has 0 spiro atoms. The van der Waals surface area contributed by atoms with Gasteiger partial charge in [0.1, 0.15) is 11.5 Å². The molecule has 0 saturated carbocycles. The van der Waals surface area contributed by atoms with Crippen LogP contribution in [0.3, 0.4) is 0 Å². The predicted octanol–water partition coefficient (Wildman–Crippen LogP) is 2.35. The summed E-state index contributed by atoms with van der Waals surface area (Å²) in [6.07, 6.45) is -6.45. The van der Waals surface area contributed by atoms with Gasteiger partial charge in [-0.05, 0) is 31.2 Å². The lowest BCUT2D eigenvalue weighted by Gasteiger charge is -2.20. The van der Waals surface area contributed by atoms with Crippen molar-refractivity contribution in [2.24, 2.45) is 5.73 Å². The molecular weight excluding hydrogens is 235 g/mol. The maximum absolute atomic E-state index is 12.4. The van der Waals surface area contributed by atoms with Gasteiger partial charge in [0.25, 0.3) is 0 Å². The first-order chi connectivity index (χ1) is 7.97. The predicted molar refractivity (Wildman–Crippen MR) is 57.1 cm³/mol. The zero-order valence-corrected chi connectivity index (χ0v) is 9.33. The molecule has 17 heavy (non-hydrogen) atoms. The maximum Gasteiger partial charge on any atom is 0.426 e. The maximum atomic E-state index is 12.4. The third-order valence-corrected chi connectivity index (χ3v) is 1.99. The molecule has 0 aromatic heterocycles. The molecule has 0 aliphatic heterocycles. The summed E-state index contributed by atoms with van der Waals surface area (Å²) in [5.41, 5.74) is 5.01. The number of benzene rings is 1. The average molecular weight is 249 g/mol. The Bertz CT molecular complexity index is 338. The van der Waals surface area contributed by atoms with E-state index >= 15 is 0 Å². The standard InChI is InChI=1S/C11H14F3NO2/c1-2-16-8-3-5-9(6-4-8)17-10(7-15)11(12,13)14/h3-6,10H,2,7,15H2,1H3. The Labute approximate surface area is 97.3 Å². The summed E-state index contributed by atoms with van der Waals surface area (Å²) in [6.45, 7) is 1.70. The summed E-state index contributed by atoms with van der Waals surface area (Å²) in [7, 11) is 0. The molecule has 1 unspecified atom stereocenters. The van der Waals surface area contributed by atoms with E-state index in [4.69, 9.17) is 15.2 Å². The van der Waals surface area contributed by atoms with Gasteiger partial charge in [-0.2, -0.15) is 13.2 Å². The van der Waals surface area contributed by atoms with E-state index in [-0.39, 0.29) is 5.75 Å². The second-order valence-electron chi connectivity index (χ2n) is 3.29. The number of rotatable bonds is 5. The van der Waals surface area contributed by atoms with Gasteiger partial charge < -0.3 is 15.2 Å². The highest BCUT2D eigenvalue weighted by Crippen LogP contribution is 2.25. The summed E-state index contributed by atoms with van der Waals surface area (Å²) in [5, 5.41) is 0. The first-order valence-corrected chi connectivity index (χ1v) is 5.13. The van der Waals surface area contributed by atoms with E-state index in [1.165, 1.54) is 12.1 Å². The van der Waals surface area contributed by atoms with Crippen molar-refractivity contribution in [1.29, 1.82) is 0 Å². The van der Waals surface area contributed by atoms with Crippen LogP contribution >= 0.6 is 0 Å². The van der Waals surface area contributed by atoms with E-state index in [0.29, 0.717) is 12.4 Å². The number of hydrogen-bond donors (Lipinski definition) is 1. The lowest BCUT2D eigenvalue weighted by atomic mass is 10.3. The van der Waals surface area contributed by atoms with Gasteiger partial charge in [-0.3, -0.25) is 0 Å². The van der Waals surface area contributed by atoms with Crippen molar-refractivity contribution in [2.75, 3.05) is 13.2 Å². The fourth-order valence-electron chi connectivity index (χ4n) is 1.19. The molecule has 96 valence electrons. The second-order valence-corrected chi connectivity index (χ2v) is 3.29. The van der Waals surface area contributed by atoms with E-state index in [1.54, 1.807) is 12.1 Å². The lowest BCUT2D eigenvalue weighted by Crippen LogP contribution is -2.40. The van der Waals surface area contributed by atoms with Crippen LogP contribution < -0.4 is 15.2 Å². The topological polar surface area (TPSA) is 44.5 Å². The lowest BCUT2D eigenvalue weighted by molar-refractivity contribution is -0.191. The molecule has 1 aromatic carbocycles. The molecule has 2 N–H and O–H groups in total. The van der Waals surface area contributed by atoms with Crippen molar-refractivity contribution in [2.45, 2.75) is 19.2 Å². The largest absolute Gasteiger partial charge is 0.494 e. The van der Waals surface area contributed by atoms with Crippen molar-refractivity contribution in [3.05, 3.63) is 24.3 Å². The van der Waals surface area contributed by atoms with E-state index in [0.717, 1.165) is 0 Å². The Morgan fingerprint density at radius 3 is 2.12 bits per heavy atom. The number of hydrogen-bond acceptors (Lipinski definition) is 3. The van der Waals surface area contributed by atoms with E-state index < -0.39 is 18.8 Å². The first kappa shape index (κ1) is 13.6. The molecule has 0 saturated heterocycles. The van der Waals surface area contributed by atoms with E-state index in [2.05, 4.69) is 0 Å². The Balaban J connectivity index is 2.67. The van der Waals surface area contributed by atoms with Crippen LogP contribution in [0, 0.1) is 0 Å². The van der Waals surface area contributed by atoms with Crippen molar-refractivity contribution in [1.82, 2.24) is 0 Å². The van der Waals surface area contributed by atoms with Gasteiger partial charge in [0.2, 0.25) is 6.10 Å². The summed E-state index contributed by atoms with van der Waals surface area (Å²) in [4.78, 5) is 0. The molecule has 0 bridgehead atoms. The minimum absolute atomic E-state index is 0.112. The van der Waals surface area contributed by atoms with Crippen LogP contribution in [-0.4, -0.2) is 25.4 Å². The molecule has 0 amide bonds. The molecule has 0 aliphatic carbocycles. The smallest absolute Gasteiger partial charge is 0.426 e. The Morgan fingerprint density at radius 1 is 1.18 bits per heavy atom. The van der Waals surface area contributed by atoms with Crippen LogP contribution in [0.15, 0.2) is 24.3 Å². The number of alkyl halides is 3. The molecule has 1 atom stereocenters. The molecule has 0 fully saturated rings. The Morgan fingerprint density at radius 2 is 1.71 bits per heavy atom. The summed E-state index contributed by atoms with van der Waals surface area (Å²) >= 11 is 0. The molecule has 6 heteroatoms. The van der Waals surface area contributed by atoms with E-state index in [1.807, 2.05) is 6.92 Å². The summed E-state index contributed by atoms with van der Waals surface area (Å²) < 4.78 is 47.0. The highest BCUT2D eigenvalue weighted by Gasteiger charge is 2.40. The van der Waals surface area contributed by atoms with Crippen molar-refractivity contribution >= 4 is 0 Å². The molecule has 1 rings (SSSR count). The molecule has 0 heterocycles. The fourth-order valence-corrected chi connectivity index (χ4v) is 1.19. The molecule has 3 nitrogen and oxygen atoms in total. The zero-order chi connectivity index (χ0) is 12.9. The van der Waals surface area contributed by atoms with Crippen molar-refractivity contribution in [3.8, 4) is 11.5 Å². The van der Waals surface area contributed by atoms with Crippen molar-refractivity contribution in [3.63, 3.8) is 0 Å². The minimum Gasteiger partial charge on any atom is -0.494 e. The van der Waals surface area contributed by atoms with Gasteiger partial charge in [0.05, 0.1) is 6.61 Å². The monoisotopic (exact) mass is 249 g/mol. The van der Waals surface area contributed by atoms with Crippen LogP contribution in [-0.2, 0) is 0 Å². The summed E-state index contributed by atoms with van der Waals surface area (Å²) in [5.74, 6) is 0.692. The molecule has 1 aromatic rings. The molecular formula is C11H14F3NO2. The number of ether oxygens (including phenoxy) is 2. The van der Waals surface area contributed by atoms with Crippen LogP contribution in [0.4, 0.5) is 13.2 Å². The van der Waals surface area contributed by atoms with E-state index in [9.17, 15) is 13.2 Å². The van der Waals surface area contributed by atoms with Crippen molar-refractivity contribution < 1.29 is 22.6 Å². The van der Waals surface area contributed by atoms with Gasteiger partial charge in [0, 0.05) is 6.54 Å². The quantitative estimate of drug-likeness (QED) is 0.871. The van der Waals surface area contributed by atoms with Gasteiger partial charge >= 0.3 is 6.18 Å². The normalized spacial score (nSPS) is 13.2. The SMILES string of the molecule is CCOc1ccc(OC(CN)C(F)(F)F)cc1. The van der Waals surface area contributed by atoms with Crippen LogP contribution in [0.2, 0.25) is 0 Å². The van der Waals surface area contributed by atoms with Crippen LogP contribution in [0.25, 0.3) is 0 Å². The van der Waals surface area contributed by atoms with Gasteiger partial charge in [0.15, 0.2) is 0 Å². The Kier molecular flexibility index (Phi) is 4.62. The Hall–Kier alpha value is -1.43. The van der Waals surface area contributed by atoms with Crippen LogP contribution in [0.5, 0.6) is 11.5 Å². The molecule has 0 radical (unpaired) electrons. The third kappa shape index (κ3) is 4.14. The number of halogens is 3. The zero-order valence-electron chi connectivity index (χ0n) is 9.33. The summed E-state index contributed by atoms with van der Waals surface area (Å²) in [6, 6.07) is 5.92. The van der Waals surface area contributed by atoms with Gasteiger partial charge in [-0.25, -0.2) is 0 Å². The van der Waals surface area contributed by atoms with Gasteiger partial charge in [-0.15, -0.1) is 0 Å². The average Bonchev–Trinajstić information content (AvgIpc) is 2.27. The highest BCUT2D eigenvalue weighted by atomic mass is 19.4. The molecule has 0 aliphatic rings. The third-order valence-electron chi connectivity index (χ3n) is 1.99. The first-order valence-electron chi connectivity index (χ1n) is 5.13. The van der Waals surface area contributed by atoms with Gasteiger partial charge in [-0.1, -0.05) is 0 Å². The number of nitrogens with two attached hydrogens (primary N) is 1. The minimum atomic E-state index is -4.46. The highest BCUT2D eigenvalue weighted by molar-refractivity contribution is 5.31. The second kappa shape index (κ2) is 5.77.